The van der Waals surface area contributed by atoms with Gasteiger partial charge in [-0.3, -0.25) is 0 Å². The summed E-state index contributed by atoms with van der Waals surface area (Å²) < 4.78 is 16.6. The van der Waals surface area contributed by atoms with Crippen molar-refractivity contribution in [2.45, 2.75) is 50.5 Å². The van der Waals surface area contributed by atoms with Gasteiger partial charge in [0.1, 0.15) is 0 Å². The fourth-order valence-corrected chi connectivity index (χ4v) is 2.37. The highest BCUT2D eigenvalue weighted by Crippen LogP contribution is 2.18. The second-order valence-electron chi connectivity index (χ2n) is 4.23. The highest BCUT2D eigenvalue weighted by Gasteiger charge is 2.14. The van der Waals surface area contributed by atoms with Crippen LogP contribution in [0, 0.1) is 0 Å². The lowest BCUT2D eigenvalue weighted by molar-refractivity contribution is -0.158. The van der Waals surface area contributed by atoms with Gasteiger partial charge in [0.2, 0.25) is 5.89 Å². The van der Waals surface area contributed by atoms with E-state index in [1.165, 1.54) is 18.2 Å². The van der Waals surface area contributed by atoms with Gasteiger partial charge in [-0.05, 0) is 25.7 Å². The van der Waals surface area contributed by atoms with Gasteiger partial charge in [-0.2, -0.15) is 0 Å². The number of hydrogen-bond acceptors (Lipinski definition) is 6. The summed E-state index contributed by atoms with van der Waals surface area (Å²) in [6, 6.07) is 0. The topological polar surface area (TPSA) is 57.4 Å². The van der Waals surface area contributed by atoms with Gasteiger partial charge in [-0.25, -0.2) is 0 Å². The Hall–Kier alpha value is -0.590. The number of aryl methyl sites for hydroxylation is 1. The zero-order valence-corrected chi connectivity index (χ0v) is 11.6. The molecule has 0 N–H and O–H groups in total. The largest absolute Gasteiger partial charge is 0.416 e. The monoisotopic (exact) mass is 272 g/mol. The minimum Gasteiger partial charge on any atom is -0.416 e. The molecule has 1 fully saturated rings. The Morgan fingerprint density at radius 3 is 3.11 bits per heavy atom. The van der Waals surface area contributed by atoms with Crippen molar-refractivity contribution >= 4 is 11.8 Å². The first-order chi connectivity index (χ1) is 8.88. The first-order valence-electron chi connectivity index (χ1n) is 6.57. The third-order valence-corrected chi connectivity index (χ3v) is 3.45. The number of thioether (sulfide) groups is 1. The van der Waals surface area contributed by atoms with Crippen molar-refractivity contribution < 1.29 is 13.9 Å². The number of ether oxygens (including phenoxy) is 2. The fraction of sp³-hybridized carbons (Fsp3) is 0.833. The molecule has 2 heterocycles. The number of nitrogens with zero attached hydrogens (tertiary/aromatic N) is 2. The lowest BCUT2D eigenvalue weighted by atomic mass is 10.2. The lowest BCUT2D eigenvalue weighted by Crippen LogP contribution is -2.23. The minimum absolute atomic E-state index is 0.0160. The van der Waals surface area contributed by atoms with Crippen molar-refractivity contribution in [2.24, 2.45) is 0 Å². The number of rotatable bonds is 7. The van der Waals surface area contributed by atoms with Crippen LogP contribution in [0.3, 0.4) is 0 Å². The van der Waals surface area contributed by atoms with Crippen LogP contribution in [-0.2, 0) is 15.9 Å². The molecular weight excluding hydrogens is 252 g/mol. The van der Waals surface area contributed by atoms with Gasteiger partial charge in [0.25, 0.3) is 5.22 Å². The predicted octanol–water partition coefficient (Wildman–Crippen LogP) is 2.66. The average molecular weight is 272 g/mol. The molecule has 18 heavy (non-hydrogen) atoms. The molecule has 1 atom stereocenters. The maximum atomic E-state index is 5.63. The van der Waals surface area contributed by atoms with E-state index in [2.05, 4.69) is 17.1 Å². The van der Waals surface area contributed by atoms with E-state index in [0.717, 1.165) is 43.9 Å². The Morgan fingerprint density at radius 2 is 2.33 bits per heavy atom. The number of aromatic nitrogens is 2. The Kier molecular flexibility index (Phi) is 5.96. The van der Waals surface area contributed by atoms with Crippen molar-refractivity contribution in [2.75, 3.05) is 19.0 Å². The maximum Gasteiger partial charge on any atom is 0.276 e. The first-order valence-corrected chi connectivity index (χ1v) is 7.55. The van der Waals surface area contributed by atoms with Crippen LogP contribution in [-0.4, -0.2) is 35.5 Å². The van der Waals surface area contributed by atoms with Gasteiger partial charge in [0.15, 0.2) is 6.29 Å². The molecule has 102 valence electrons. The minimum atomic E-state index is -0.0160. The molecule has 0 unspecified atom stereocenters. The van der Waals surface area contributed by atoms with Gasteiger partial charge < -0.3 is 13.9 Å². The van der Waals surface area contributed by atoms with Crippen LogP contribution >= 0.6 is 11.8 Å². The molecule has 1 saturated heterocycles. The van der Waals surface area contributed by atoms with Crippen molar-refractivity contribution in [3.05, 3.63) is 5.89 Å². The zero-order chi connectivity index (χ0) is 12.6. The van der Waals surface area contributed by atoms with Gasteiger partial charge in [-0.1, -0.05) is 18.7 Å². The Labute approximate surface area is 112 Å². The highest BCUT2D eigenvalue weighted by molar-refractivity contribution is 7.99. The summed E-state index contributed by atoms with van der Waals surface area (Å²) in [6.45, 7) is 3.57. The van der Waals surface area contributed by atoms with E-state index in [0.29, 0.717) is 11.8 Å². The first kappa shape index (κ1) is 13.8. The fourth-order valence-electron chi connectivity index (χ4n) is 1.76. The second-order valence-corrected chi connectivity index (χ2v) is 5.27. The summed E-state index contributed by atoms with van der Waals surface area (Å²) in [7, 11) is 0. The zero-order valence-electron chi connectivity index (χ0n) is 10.8. The molecule has 0 amide bonds. The summed E-state index contributed by atoms with van der Waals surface area (Å²) in [5, 5.41) is 8.58. The Balaban J connectivity index is 1.59. The molecule has 0 radical (unpaired) electrons. The second kappa shape index (κ2) is 7.76. The molecule has 1 aliphatic rings. The maximum absolute atomic E-state index is 5.63. The van der Waals surface area contributed by atoms with Crippen LogP contribution in [0.25, 0.3) is 0 Å². The summed E-state index contributed by atoms with van der Waals surface area (Å²) >= 11 is 1.53. The van der Waals surface area contributed by atoms with Crippen LogP contribution in [0.1, 0.15) is 38.5 Å². The summed E-state index contributed by atoms with van der Waals surface area (Å²) in [5.74, 6) is 1.53. The summed E-state index contributed by atoms with van der Waals surface area (Å²) in [4.78, 5) is 0. The molecule has 0 aliphatic carbocycles. The normalized spacial score (nSPS) is 20.2. The third-order valence-electron chi connectivity index (χ3n) is 2.66. The third kappa shape index (κ3) is 4.59. The van der Waals surface area contributed by atoms with Gasteiger partial charge in [0.05, 0.1) is 6.61 Å². The van der Waals surface area contributed by atoms with E-state index in [1.807, 2.05) is 0 Å². The van der Waals surface area contributed by atoms with E-state index in [9.17, 15) is 0 Å². The average Bonchev–Trinajstić information content (AvgIpc) is 2.84. The summed E-state index contributed by atoms with van der Waals surface area (Å²) in [5.41, 5.74) is 0. The van der Waals surface area contributed by atoms with Gasteiger partial charge >= 0.3 is 0 Å². The van der Waals surface area contributed by atoms with Crippen LogP contribution in [0.15, 0.2) is 9.64 Å². The molecule has 2 rings (SSSR count). The van der Waals surface area contributed by atoms with E-state index < -0.39 is 0 Å². The van der Waals surface area contributed by atoms with Crippen LogP contribution in [0.4, 0.5) is 0 Å². The molecule has 0 saturated carbocycles. The van der Waals surface area contributed by atoms with Crippen molar-refractivity contribution in [1.29, 1.82) is 0 Å². The lowest BCUT2D eigenvalue weighted by Gasteiger charge is -2.22. The molecule has 0 spiro atoms. The van der Waals surface area contributed by atoms with Crippen molar-refractivity contribution in [3.8, 4) is 0 Å². The van der Waals surface area contributed by atoms with E-state index in [-0.39, 0.29) is 6.29 Å². The van der Waals surface area contributed by atoms with E-state index >= 15 is 0 Å². The molecule has 1 aromatic rings. The van der Waals surface area contributed by atoms with Crippen LogP contribution < -0.4 is 0 Å². The molecular formula is C12H20N2O3S. The molecule has 0 bridgehead atoms. The van der Waals surface area contributed by atoms with Crippen LogP contribution in [0.2, 0.25) is 0 Å². The molecule has 0 aromatic carbocycles. The summed E-state index contributed by atoms with van der Waals surface area (Å²) in [6.07, 6.45) is 5.21. The highest BCUT2D eigenvalue weighted by atomic mass is 32.2. The molecule has 1 aliphatic heterocycles. The molecule has 5 nitrogen and oxygen atoms in total. The smallest absolute Gasteiger partial charge is 0.276 e. The Bertz CT molecular complexity index is 340. The quantitative estimate of drug-likeness (QED) is 0.562. The SMILES string of the molecule is CCCc1nnc(SCCO[C@@H]2CCCCO2)o1. The molecule has 6 heteroatoms. The van der Waals surface area contributed by atoms with E-state index in [4.69, 9.17) is 13.9 Å². The predicted molar refractivity (Wildman–Crippen MR) is 68.6 cm³/mol. The van der Waals surface area contributed by atoms with E-state index in [1.54, 1.807) is 0 Å². The van der Waals surface area contributed by atoms with Crippen molar-refractivity contribution in [1.82, 2.24) is 10.2 Å². The molecule has 1 aromatic heterocycles. The van der Waals surface area contributed by atoms with Crippen molar-refractivity contribution in [3.63, 3.8) is 0 Å². The van der Waals surface area contributed by atoms with Gasteiger partial charge in [0, 0.05) is 18.8 Å². The van der Waals surface area contributed by atoms with Gasteiger partial charge in [-0.15, -0.1) is 10.2 Å². The number of hydrogen-bond donors (Lipinski definition) is 0. The van der Waals surface area contributed by atoms with Crippen LogP contribution in [0.5, 0.6) is 0 Å². The Morgan fingerprint density at radius 1 is 1.39 bits per heavy atom. The standard InChI is InChI=1S/C12H20N2O3S/c1-2-5-10-13-14-12(17-10)18-9-8-16-11-6-3-4-7-15-11/h11H,2-9H2,1H3/t11-/m1/s1.